The van der Waals surface area contributed by atoms with Gasteiger partial charge in [0.25, 0.3) is 0 Å². The van der Waals surface area contributed by atoms with Crippen molar-refractivity contribution < 1.29 is 23.1 Å². The molecule has 4 aromatic rings. The van der Waals surface area contributed by atoms with E-state index in [0.29, 0.717) is 34.9 Å². The summed E-state index contributed by atoms with van der Waals surface area (Å²) in [6, 6.07) is 9.53. The molecule has 2 aliphatic heterocycles. The van der Waals surface area contributed by atoms with Crippen LogP contribution in [0.1, 0.15) is 35.0 Å². The lowest BCUT2D eigenvalue weighted by Gasteiger charge is -2.36. The fourth-order valence-corrected chi connectivity index (χ4v) is 5.63. The van der Waals surface area contributed by atoms with Crippen LogP contribution in [0.5, 0.6) is 11.5 Å². The summed E-state index contributed by atoms with van der Waals surface area (Å²) in [5.41, 5.74) is 3.79. The molecule has 3 aliphatic rings. The highest BCUT2D eigenvalue weighted by molar-refractivity contribution is 6.29. The maximum absolute atomic E-state index is 14.0. The Hall–Kier alpha value is -3.91. The molecule has 4 heterocycles. The Morgan fingerprint density at radius 1 is 1.00 bits per heavy atom. The molecule has 2 aromatic heterocycles. The second kappa shape index (κ2) is 8.34. The van der Waals surface area contributed by atoms with Crippen molar-refractivity contribution in [3.05, 3.63) is 59.7 Å². The highest BCUT2D eigenvalue weighted by atomic mass is 16.7. The first-order valence-electron chi connectivity index (χ1n) is 12.5. The zero-order valence-electron chi connectivity index (χ0n) is 20.1. The molecule has 1 fully saturated rings. The zero-order chi connectivity index (χ0) is 24.2. The van der Waals surface area contributed by atoms with Crippen LogP contribution in [-0.4, -0.2) is 50.2 Å². The van der Waals surface area contributed by atoms with Crippen LogP contribution in [0.4, 0.5) is 11.4 Å². The predicted molar refractivity (Wildman–Crippen MR) is 136 cm³/mol. The molecule has 1 aliphatic carbocycles. The summed E-state index contributed by atoms with van der Waals surface area (Å²) >= 11 is 0. The normalized spacial score (nSPS) is 16.6. The van der Waals surface area contributed by atoms with E-state index in [1.807, 2.05) is 18.2 Å². The van der Waals surface area contributed by atoms with Gasteiger partial charge in [0.15, 0.2) is 17.3 Å². The van der Waals surface area contributed by atoms with Crippen LogP contribution >= 0.6 is 0 Å². The summed E-state index contributed by atoms with van der Waals surface area (Å²) in [6.45, 7) is 7.85. The van der Waals surface area contributed by atoms with E-state index in [0.717, 1.165) is 72.6 Å². The van der Waals surface area contributed by atoms with Gasteiger partial charge >= 0.3 is 0 Å². The molecule has 0 radical (unpaired) electrons. The summed E-state index contributed by atoms with van der Waals surface area (Å²) in [5, 5.41) is 5.29. The lowest BCUT2D eigenvalue weighted by Crippen LogP contribution is -2.46. The molecule has 184 valence electrons. The third-order valence-electron chi connectivity index (χ3n) is 7.38. The third kappa shape index (κ3) is 3.28. The minimum absolute atomic E-state index is 0.0524. The van der Waals surface area contributed by atoms with Crippen LogP contribution in [0, 0.1) is 0 Å². The minimum atomic E-state index is -0.0524. The highest BCUT2D eigenvalue weighted by Crippen LogP contribution is 2.50. The minimum Gasteiger partial charge on any atom is -0.467 e. The van der Waals surface area contributed by atoms with Gasteiger partial charge in [-0.15, -0.1) is 0 Å². The summed E-state index contributed by atoms with van der Waals surface area (Å²) in [4.78, 5) is 18.9. The van der Waals surface area contributed by atoms with Gasteiger partial charge in [0.05, 0.1) is 24.1 Å². The number of hydrogen-bond donors (Lipinski definition) is 1. The van der Waals surface area contributed by atoms with Crippen LogP contribution in [0.3, 0.4) is 0 Å². The second-order valence-electron chi connectivity index (χ2n) is 9.51. The molecule has 0 unspecified atom stereocenters. The summed E-state index contributed by atoms with van der Waals surface area (Å²) in [6.07, 6.45) is 4.61. The number of ketones is 1. The Morgan fingerprint density at radius 2 is 1.81 bits per heavy atom. The van der Waals surface area contributed by atoms with E-state index in [9.17, 15) is 4.79 Å². The molecule has 0 spiro atoms. The fraction of sp³-hybridized carbons (Fsp3) is 0.321. The SMILES string of the molecule is CCCN1CCN(c2cc(NCc3ccco3)c3c4c(occ24)-c2cc4c(cc2C3=O)OCO4)CC1. The van der Waals surface area contributed by atoms with E-state index in [1.165, 1.54) is 0 Å². The largest absolute Gasteiger partial charge is 0.467 e. The van der Waals surface area contributed by atoms with Crippen molar-refractivity contribution in [2.75, 3.05) is 49.7 Å². The topological polar surface area (TPSA) is 80.3 Å². The quantitative estimate of drug-likeness (QED) is 0.355. The van der Waals surface area contributed by atoms with Crippen LogP contribution in [0.2, 0.25) is 0 Å². The van der Waals surface area contributed by atoms with Gasteiger partial charge in [-0.3, -0.25) is 9.69 Å². The van der Waals surface area contributed by atoms with Crippen molar-refractivity contribution in [3.63, 3.8) is 0 Å². The number of piperazine rings is 1. The first-order chi connectivity index (χ1) is 17.7. The number of ether oxygens (including phenoxy) is 2. The average Bonchev–Trinajstić information content (AvgIpc) is 3.67. The Kier molecular flexibility index (Phi) is 4.95. The molecule has 0 bridgehead atoms. The molecule has 8 nitrogen and oxygen atoms in total. The van der Waals surface area contributed by atoms with Crippen molar-refractivity contribution in [2.45, 2.75) is 19.9 Å². The number of furan rings is 2. The van der Waals surface area contributed by atoms with Gasteiger partial charge in [0, 0.05) is 53.8 Å². The molecule has 1 saturated heterocycles. The number of fused-ring (bicyclic) bond motifs is 3. The molecule has 0 saturated carbocycles. The molecule has 0 atom stereocenters. The molecule has 7 rings (SSSR count). The Morgan fingerprint density at radius 3 is 2.56 bits per heavy atom. The maximum atomic E-state index is 14.0. The molecule has 2 aromatic carbocycles. The van der Waals surface area contributed by atoms with Crippen LogP contribution in [0.25, 0.3) is 22.1 Å². The van der Waals surface area contributed by atoms with Gasteiger partial charge in [-0.05, 0) is 43.3 Å². The average molecular weight is 486 g/mol. The Balaban J connectivity index is 1.37. The van der Waals surface area contributed by atoms with Crippen LogP contribution in [-0.2, 0) is 6.54 Å². The van der Waals surface area contributed by atoms with Gasteiger partial charge in [0.2, 0.25) is 6.79 Å². The van der Waals surface area contributed by atoms with E-state index in [4.69, 9.17) is 18.3 Å². The van der Waals surface area contributed by atoms with Crippen molar-refractivity contribution in [1.82, 2.24) is 4.90 Å². The van der Waals surface area contributed by atoms with Gasteiger partial charge in [-0.1, -0.05) is 6.92 Å². The Labute approximate surface area is 208 Å². The predicted octanol–water partition coefficient (Wildman–Crippen LogP) is 5.11. The molecule has 36 heavy (non-hydrogen) atoms. The summed E-state index contributed by atoms with van der Waals surface area (Å²) < 4.78 is 22.9. The van der Waals surface area contributed by atoms with Crippen molar-refractivity contribution >= 4 is 27.9 Å². The van der Waals surface area contributed by atoms with E-state index in [-0.39, 0.29) is 12.6 Å². The molecular weight excluding hydrogens is 458 g/mol. The smallest absolute Gasteiger partial charge is 0.231 e. The van der Waals surface area contributed by atoms with Gasteiger partial charge < -0.3 is 28.5 Å². The molecule has 0 amide bonds. The summed E-state index contributed by atoms with van der Waals surface area (Å²) in [5.74, 6) is 2.66. The number of hydrogen-bond acceptors (Lipinski definition) is 8. The maximum Gasteiger partial charge on any atom is 0.231 e. The molecule has 1 N–H and O–H groups in total. The van der Waals surface area contributed by atoms with E-state index in [1.54, 1.807) is 18.6 Å². The Bertz CT molecular complexity index is 1460. The van der Waals surface area contributed by atoms with Crippen molar-refractivity contribution in [1.29, 1.82) is 0 Å². The van der Waals surface area contributed by atoms with E-state index < -0.39 is 0 Å². The first-order valence-corrected chi connectivity index (χ1v) is 12.5. The number of rotatable bonds is 6. The number of nitrogens with one attached hydrogen (secondary N) is 1. The third-order valence-corrected chi connectivity index (χ3v) is 7.38. The fourth-order valence-electron chi connectivity index (χ4n) is 5.63. The lowest BCUT2D eigenvalue weighted by atomic mass is 9.85. The van der Waals surface area contributed by atoms with Crippen molar-refractivity contribution in [3.8, 4) is 22.8 Å². The van der Waals surface area contributed by atoms with Crippen LogP contribution < -0.4 is 19.7 Å². The number of anilines is 2. The van der Waals surface area contributed by atoms with Crippen molar-refractivity contribution in [2.24, 2.45) is 0 Å². The number of carbonyl (C=O) groups is 1. The molecular formula is C28H27N3O5. The van der Waals surface area contributed by atoms with Gasteiger partial charge in [-0.2, -0.15) is 0 Å². The summed E-state index contributed by atoms with van der Waals surface area (Å²) in [7, 11) is 0. The zero-order valence-corrected chi connectivity index (χ0v) is 20.1. The standard InChI is InChI=1S/C28H27N3O5/c1-2-5-30-6-8-31(9-7-30)22-13-21(29-14-17-4-3-10-33-17)26-25-20(22)15-34-28(25)19-12-24-23(35-16-36-24)11-18(19)27(26)32/h3-4,10-13,15,29H,2,5-9,14,16H2,1H3. The van der Waals surface area contributed by atoms with Gasteiger partial charge in [0.1, 0.15) is 17.8 Å². The highest BCUT2D eigenvalue weighted by Gasteiger charge is 2.35. The van der Waals surface area contributed by atoms with Crippen LogP contribution in [0.15, 0.2) is 51.7 Å². The second-order valence-corrected chi connectivity index (χ2v) is 9.51. The first kappa shape index (κ1) is 21.4. The number of nitrogens with zero attached hydrogens (tertiary/aromatic N) is 2. The number of benzene rings is 2. The monoisotopic (exact) mass is 485 g/mol. The number of carbonyl (C=O) groups excluding carboxylic acids is 1. The van der Waals surface area contributed by atoms with E-state index >= 15 is 0 Å². The van der Waals surface area contributed by atoms with E-state index in [2.05, 4.69) is 28.1 Å². The lowest BCUT2D eigenvalue weighted by molar-refractivity contribution is 0.104. The van der Waals surface area contributed by atoms with Gasteiger partial charge in [-0.25, -0.2) is 0 Å². The molecule has 8 heteroatoms.